The van der Waals surface area contributed by atoms with E-state index in [1.807, 2.05) is 6.07 Å². The second kappa shape index (κ2) is 3.90. The molecule has 0 aliphatic carbocycles. The SMILES string of the molecule is O=S1(=O)CCCS[C@@H]1c1cccnc1. The Hall–Kier alpha value is -0.550. The molecule has 2 rings (SSSR count). The maximum atomic E-state index is 11.7. The Bertz CT molecular complexity index is 402. The van der Waals surface area contributed by atoms with Gasteiger partial charge in [0.05, 0.1) is 5.75 Å². The van der Waals surface area contributed by atoms with E-state index in [0.717, 1.165) is 17.7 Å². The standard InChI is InChI=1S/C9H11NO2S2/c11-14(12)6-2-5-13-9(14)8-3-1-4-10-7-8/h1,3-4,7,9H,2,5-6H2/t9-/m0/s1. The van der Waals surface area contributed by atoms with Gasteiger partial charge in [-0.2, -0.15) is 0 Å². The highest BCUT2D eigenvalue weighted by Crippen LogP contribution is 2.38. The van der Waals surface area contributed by atoms with Crippen LogP contribution in [0.25, 0.3) is 0 Å². The summed E-state index contributed by atoms with van der Waals surface area (Å²) in [7, 11) is -2.95. The summed E-state index contributed by atoms with van der Waals surface area (Å²) in [6.07, 6.45) is 4.06. The van der Waals surface area contributed by atoms with Gasteiger partial charge in [0.15, 0.2) is 9.84 Å². The maximum absolute atomic E-state index is 11.7. The molecule has 0 radical (unpaired) electrons. The smallest absolute Gasteiger partial charge is 0.166 e. The van der Waals surface area contributed by atoms with Crippen LogP contribution >= 0.6 is 11.8 Å². The third-order valence-corrected chi connectivity index (χ3v) is 6.29. The Balaban J connectivity index is 2.34. The van der Waals surface area contributed by atoms with E-state index >= 15 is 0 Å². The van der Waals surface area contributed by atoms with Gasteiger partial charge in [0.25, 0.3) is 0 Å². The van der Waals surface area contributed by atoms with Gasteiger partial charge in [0, 0.05) is 12.4 Å². The number of hydrogen-bond acceptors (Lipinski definition) is 4. The summed E-state index contributed by atoms with van der Waals surface area (Å²) in [4.78, 5) is 3.95. The molecule has 1 aliphatic rings. The summed E-state index contributed by atoms with van der Waals surface area (Å²) in [6, 6.07) is 3.60. The molecule has 3 nitrogen and oxygen atoms in total. The summed E-state index contributed by atoms with van der Waals surface area (Å²) < 4.78 is 23.1. The molecule has 0 unspecified atom stereocenters. The Morgan fingerprint density at radius 2 is 2.36 bits per heavy atom. The van der Waals surface area contributed by atoms with E-state index in [1.165, 1.54) is 11.8 Å². The third kappa shape index (κ3) is 1.93. The van der Waals surface area contributed by atoms with E-state index < -0.39 is 14.4 Å². The molecule has 1 aromatic heterocycles. The largest absolute Gasteiger partial charge is 0.264 e. The summed E-state index contributed by atoms with van der Waals surface area (Å²) in [6.45, 7) is 0. The lowest BCUT2D eigenvalue weighted by molar-refractivity contribution is 0.591. The number of hydrogen-bond donors (Lipinski definition) is 0. The van der Waals surface area contributed by atoms with E-state index in [2.05, 4.69) is 4.98 Å². The molecule has 1 saturated heterocycles. The zero-order valence-electron chi connectivity index (χ0n) is 7.59. The summed E-state index contributed by atoms with van der Waals surface area (Å²) >= 11 is 1.50. The second-order valence-corrected chi connectivity index (χ2v) is 6.93. The zero-order valence-corrected chi connectivity index (χ0v) is 9.22. The number of aromatic nitrogens is 1. The first-order valence-corrected chi connectivity index (χ1v) is 7.20. The fourth-order valence-corrected chi connectivity index (χ4v) is 5.24. The number of pyridine rings is 1. The van der Waals surface area contributed by atoms with E-state index in [1.54, 1.807) is 18.5 Å². The lowest BCUT2D eigenvalue weighted by Gasteiger charge is -2.21. The normalized spacial score (nSPS) is 25.9. The van der Waals surface area contributed by atoms with Gasteiger partial charge in [-0.3, -0.25) is 4.98 Å². The molecule has 1 fully saturated rings. The Morgan fingerprint density at radius 1 is 1.50 bits per heavy atom. The van der Waals surface area contributed by atoms with Crippen LogP contribution in [0.1, 0.15) is 16.6 Å². The van der Waals surface area contributed by atoms with E-state index in [9.17, 15) is 8.42 Å². The molecule has 0 bridgehead atoms. The average Bonchev–Trinajstić information content (AvgIpc) is 2.18. The van der Waals surface area contributed by atoms with E-state index in [4.69, 9.17) is 0 Å². The van der Waals surface area contributed by atoms with Crippen molar-refractivity contribution in [2.24, 2.45) is 0 Å². The van der Waals surface area contributed by atoms with Crippen molar-refractivity contribution >= 4 is 21.6 Å². The van der Waals surface area contributed by atoms with Gasteiger partial charge in [-0.05, 0) is 23.8 Å². The molecule has 1 aromatic rings. The third-order valence-electron chi connectivity index (χ3n) is 2.13. The summed E-state index contributed by atoms with van der Waals surface area (Å²) in [5.74, 6) is 1.22. The molecule has 1 atom stereocenters. The van der Waals surface area contributed by atoms with Gasteiger partial charge < -0.3 is 0 Å². The molecule has 76 valence electrons. The fourth-order valence-electron chi connectivity index (χ4n) is 1.48. The van der Waals surface area contributed by atoms with Crippen molar-refractivity contribution in [3.8, 4) is 0 Å². The second-order valence-electron chi connectivity index (χ2n) is 3.21. The monoisotopic (exact) mass is 229 g/mol. The number of sulfone groups is 1. The highest BCUT2D eigenvalue weighted by Gasteiger charge is 2.30. The van der Waals surface area contributed by atoms with Crippen molar-refractivity contribution in [3.05, 3.63) is 30.1 Å². The van der Waals surface area contributed by atoms with E-state index in [0.29, 0.717) is 5.75 Å². The van der Waals surface area contributed by atoms with E-state index in [-0.39, 0.29) is 0 Å². The minimum absolute atomic E-state index is 0.305. The quantitative estimate of drug-likeness (QED) is 0.734. The fraction of sp³-hybridized carbons (Fsp3) is 0.444. The lowest BCUT2D eigenvalue weighted by atomic mass is 10.3. The van der Waals surface area contributed by atoms with Gasteiger partial charge in [-0.25, -0.2) is 8.42 Å². The highest BCUT2D eigenvalue weighted by atomic mass is 32.3. The molecule has 0 saturated carbocycles. The average molecular weight is 229 g/mol. The van der Waals surface area contributed by atoms with Gasteiger partial charge in [-0.1, -0.05) is 6.07 Å². The molecular weight excluding hydrogens is 218 g/mol. The van der Waals surface area contributed by atoms with Gasteiger partial charge in [-0.15, -0.1) is 11.8 Å². The molecular formula is C9H11NO2S2. The molecule has 0 amide bonds. The molecule has 1 aliphatic heterocycles. The predicted octanol–water partition coefficient (Wildman–Crippen LogP) is 1.63. The van der Waals surface area contributed by atoms with Crippen molar-refractivity contribution in [2.45, 2.75) is 11.0 Å². The first-order chi connectivity index (χ1) is 6.70. The maximum Gasteiger partial charge on any atom is 0.166 e. The Kier molecular flexibility index (Phi) is 2.78. The first kappa shape index (κ1) is 9.98. The molecule has 0 spiro atoms. The number of thioether (sulfide) groups is 1. The van der Waals surface area contributed by atoms with Crippen LogP contribution in [-0.4, -0.2) is 24.9 Å². The summed E-state index contributed by atoms with van der Waals surface area (Å²) in [5, 5.41) is 0. The minimum atomic E-state index is -2.95. The van der Waals surface area contributed by atoms with Crippen LogP contribution in [0, 0.1) is 0 Å². The van der Waals surface area contributed by atoms with Crippen LogP contribution in [0.15, 0.2) is 24.5 Å². The predicted molar refractivity (Wildman–Crippen MR) is 57.8 cm³/mol. The van der Waals surface area contributed by atoms with Gasteiger partial charge in [0.1, 0.15) is 4.58 Å². The van der Waals surface area contributed by atoms with Crippen molar-refractivity contribution in [1.82, 2.24) is 4.98 Å². The number of rotatable bonds is 1. The van der Waals surface area contributed by atoms with Crippen LogP contribution in [-0.2, 0) is 9.84 Å². The topological polar surface area (TPSA) is 47.0 Å². The van der Waals surface area contributed by atoms with Gasteiger partial charge in [0.2, 0.25) is 0 Å². The molecule has 0 N–H and O–H groups in total. The van der Waals surface area contributed by atoms with Crippen molar-refractivity contribution in [3.63, 3.8) is 0 Å². The van der Waals surface area contributed by atoms with Crippen molar-refractivity contribution in [2.75, 3.05) is 11.5 Å². The van der Waals surface area contributed by atoms with Gasteiger partial charge >= 0.3 is 0 Å². The molecule has 2 heterocycles. The summed E-state index contributed by atoms with van der Waals surface area (Å²) in [5.41, 5.74) is 0.803. The molecule has 0 aromatic carbocycles. The zero-order chi connectivity index (χ0) is 10.0. The molecule has 5 heteroatoms. The Morgan fingerprint density at radius 3 is 3.00 bits per heavy atom. The van der Waals surface area contributed by atoms with Crippen LogP contribution in [0.5, 0.6) is 0 Å². The number of nitrogens with zero attached hydrogens (tertiary/aromatic N) is 1. The highest BCUT2D eigenvalue weighted by molar-refractivity contribution is 8.13. The van der Waals surface area contributed by atoms with Crippen LogP contribution in [0.3, 0.4) is 0 Å². The Labute approximate surface area is 87.9 Å². The first-order valence-electron chi connectivity index (χ1n) is 4.43. The van der Waals surface area contributed by atoms with Crippen molar-refractivity contribution < 1.29 is 8.42 Å². The van der Waals surface area contributed by atoms with Crippen LogP contribution in [0.2, 0.25) is 0 Å². The van der Waals surface area contributed by atoms with Crippen LogP contribution in [0.4, 0.5) is 0 Å². The minimum Gasteiger partial charge on any atom is -0.264 e. The van der Waals surface area contributed by atoms with Crippen LogP contribution < -0.4 is 0 Å². The van der Waals surface area contributed by atoms with Crippen molar-refractivity contribution in [1.29, 1.82) is 0 Å². The lowest BCUT2D eigenvalue weighted by Crippen LogP contribution is -2.20. The molecule has 14 heavy (non-hydrogen) atoms.